The maximum absolute atomic E-state index is 6.08. The summed E-state index contributed by atoms with van der Waals surface area (Å²) in [6.45, 7) is 9.57. The zero-order valence-corrected chi connectivity index (χ0v) is 10.6. The van der Waals surface area contributed by atoms with Crippen LogP contribution in [0.25, 0.3) is 0 Å². The van der Waals surface area contributed by atoms with Crippen molar-refractivity contribution in [2.24, 2.45) is 10.7 Å². The van der Waals surface area contributed by atoms with E-state index in [1.54, 1.807) is 0 Å². The average Bonchev–Trinajstić information content (AvgIpc) is 2.15. The third-order valence-electron chi connectivity index (χ3n) is 2.84. The second-order valence-electron chi connectivity index (χ2n) is 5.39. The summed E-state index contributed by atoms with van der Waals surface area (Å²) in [4.78, 5) is 6.84. The van der Waals surface area contributed by atoms with Crippen molar-refractivity contribution in [3.8, 4) is 0 Å². The fourth-order valence-electron chi connectivity index (χ4n) is 2.13. The van der Waals surface area contributed by atoms with E-state index < -0.39 is 0 Å². The molecule has 0 bridgehead atoms. The van der Waals surface area contributed by atoms with Crippen LogP contribution >= 0.6 is 0 Å². The predicted molar refractivity (Wildman–Crippen MR) is 66.0 cm³/mol. The Morgan fingerprint density at radius 2 is 2.07 bits per heavy atom. The molecule has 88 valence electrons. The first-order chi connectivity index (χ1) is 6.94. The summed E-state index contributed by atoms with van der Waals surface area (Å²) in [5, 5.41) is 0. The van der Waals surface area contributed by atoms with Crippen LogP contribution in [0, 0.1) is 0 Å². The van der Waals surface area contributed by atoms with Gasteiger partial charge in [0.05, 0.1) is 5.54 Å². The van der Waals surface area contributed by atoms with Gasteiger partial charge in [0, 0.05) is 12.6 Å². The van der Waals surface area contributed by atoms with Gasteiger partial charge in [0.15, 0.2) is 5.96 Å². The van der Waals surface area contributed by atoms with Gasteiger partial charge in [-0.05, 0) is 46.5 Å². The number of rotatable bonds is 1. The van der Waals surface area contributed by atoms with Crippen LogP contribution in [-0.4, -0.2) is 29.0 Å². The van der Waals surface area contributed by atoms with Crippen LogP contribution in [0.15, 0.2) is 4.99 Å². The maximum atomic E-state index is 6.08. The van der Waals surface area contributed by atoms with Crippen LogP contribution in [-0.2, 0) is 0 Å². The minimum Gasteiger partial charge on any atom is -0.370 e. The zero-order chi connectivity index (χ0) is 11.5. The SMILES string of the molecule is CCC1CCCCN1C(N)=NC(C)(C)C. The standard InChI is InChI=1S/C12H25N3/c1-5-10-8-6-7-9-15(10)11(13)14-12(2,3)4/h10H,5-9H2,1-4H3,(H2,13,14). The highest BCUT2D eigenvalue weighted by molar-refractivity contribution is 5.79. The van der Waals surface area contributed by atoms with Crippen molar-refractivity contribution in [2.75, 3.05) is 6.54 Å². The summed E-state index contributed by atoms with van der Waals surface area (Å²) < 4.78 is 0. The summed E-state index contributed by atoms with van der Waals surface area (Å²) >= 11 is 0. The monoisotopic (exact) mass is 211 g/mol. The van der Waals surface area contributed by atoms with Gasteiger partial charge in [-0.25, -0.2) is 4.99 Å². The molecule has 1 unspecified atom stereocenters. The van der Waals surface area contributed by atoms with E-state index >= 15 is 0 Å². The van der Waals surface area contributed by atoms with E-state index in [1.165, 1.54) is 25.7 Å². The quantitative estimate of drug-likeness (QED) is 0.534. The second kappa shape index (κ2) is 4.86. The Labute approximate surface area is 93.7 Å². The molecule has 0 radical (unpaired) electrons. The lowest BCUT2D eigenvalue weighted by Crippen LogP contribution is -2.48. The molecule has 0 amide bonds. The summed E-state index contributed by atoms with van der Waals surface area (Å²) in [7, 11) is 0. The Morgan fingerprint density at radius 3 is 2.60 bits per heavy atom. The number of likely N-dealkylation sites (tertiary alicyclic amines) is 1. The molecule has 0 spiro atoms. The molecule has 1 aliphatic heterocycles. The highest BCUT2D eigenvalue weighted by atomic mass is 15.3. The predicted octanol–water partition coefficient (Wildman–Crippen LogP) is 2.36. The average molecular weight is 211 g/mol. The first-order valence-electron chi connectivity index (χ1n) is 6.06. The number of nitrogens with two attached hydrogens (primary N) is 1. The first kappa shape index (κ1) is 12.3. The Morgan fingerprint density at radius 1 is 1.40 bits per heavy atom. The van der Waals surface area contributed by atoms with Crippen molar-refractivity contribution in [3.63, 3.8) is 0 Å². The summed E-state index contributed by atoms with van der Waals surface area (Å²) in [6, 6.07) is 0.602. The van der Waals surface area contributed by atoms with Crippen LogP contribution in [0.3, 0.4) is 0 Å². The normalized spacial score (nSPS) is 24.4. The first-order valence-corrected chi connectivity index (χ1v) is 6.06. The number of piperidine rings is 1. The molecule has 0 saturated carbocycles. The lowest BCUT2D eigenvalue weighted by Gasteiger charge is -2.36. The molecule has 0 aromatic heterocycles. The van der Waals surface area contributed by atoms with Gasteiger partial charge in [-0.2, -0.15) is 0 Å². The van der Waals surface area contributed by atoms with E-state index in [-0.39, 0.29) is 5.54 Å². The topological polar surface area (TPSA) is 41.6 Å². The largest absolute Gasteiger partial charge is 0.370 e. The second-order valence-corrected chi connectivity index (χ2v) is 5.39. The van der Waals surface area contributed by atoms with E-state index in [2.05, 4.69) is 37.6 Å². The molecule has 15 heavy (non-hydrogen) atoms. The lowest BCUT2D eigenvalue weighted by atomic mass is 10.0. The van der Waals surface area contributed by atoms with E-state index in [1.807, 2.05) is 0 Å². The smallest absolute Gasteiger partial charge is 0.192 e. The van der Waals surface area contributed by atoms with E-state index in [0.29, 0.717) is 6.04 Å². The molecule has 3 nitrogen and oxygen atoms in total. The molecule has 0 aromatic rings. The van der Waals surface area contributed by atoms with Crippen LogP contribution in [0.5, 0.6) is 0 Å². The highest BCUT2D eigenvalue weighted by Gasteiger charge is 2.23. The third kappa shape index (κ3) is 3.73. The van der Waals surface area contributed by atoms with Crippen LogP contribution in [0.4, 0.5) is 0 Å². The molecular formula is C12H25N3. The van der Waals surface area contributed by atoms with Crippen molar-refractivity contribution in [1.29, 1.82) is 0 Å². The molecule has 1 rings (SSSR count). The summed E-state index contributed by atoms with van der Waals surface area (Å²) in [6.07, 6.45) is 5.01. The number of hydrogen-bond acceptors (Lipinski definition) is 1. The molecule has 1 fully saturated rings. The number of hydrogen-bond donors (Lipinski definition) is 1. The third-order valence-corrected chi connectivity index (χ3v) is 2.84. The van der Waals surface area contributed by atoms with Crippen molar-refractivity contribution in [3.05, 3.63) is 0 Å². The molecule has 0 aliphatic carbocycles. The van der Waals surface area contributed by atoms with Gasteiger partial charge in [0.25, 0.3) is 0 Å². The molecule has 0 aromatic carbocycles. The zero-order valence-electron chi connectivity index (χ0n) is 10.6. The minimum atomic E-state index is -0.0696. The van der Waals surface area contributed by atoms with Crippen molar-refractivity contribution >= 4 is 5.96 Å². The highest BCUT2D eigenvalue weighted by Crippen LogP contribution is 2.20. The molecular weight excluding hydrogens is 186 g/mol. The van der Waals surface area contributed by atoms with Gasteiger partial charge in [-0.3, -0.25) is 0 Å². The molecule has 1 heterocycles. The Balaban J connectivity index is 2.71. The van der Waals surface area contributed by atoms with Crippen molar-refractivity contribution in [1.82, 2.24) is 4.90 Å². The van der Waals surface area contributed by atoms with Crippen LogP contribution < -0.4 is 5.73 Å². The van der Waals surface area contributed by atoms with Crippen molar-refractivity contribution in [2.45, 2.75) is 65.0 Å². The Kier molecular flexibility index (Phi) is 4.00. The summed E-state index contributed by atoms with van der Waals surface area (Å²) in [5.74, 6) is 0.731. The van der Waals surface area contributed by atoms with Gasteiger partial charge < -0.3 is 10.6 Å². The number of guanidine groups is 1. The molecule has 1 saturated heterocycles. The minimum absolute atomic E-state index is 0.0696. The molecule has 3 heteroatoms. The lowest BCUT2D eigenvalue weighted by molar-refractivity contribution is 0.231. The van der Waals surface area contributed by atoms with Gasteiger partial charge in [-0.1, -0.05) is 6.92 Å². The summed E-state index contributed by atoms with van der Waals surface area (Å²) in [5.41, 5.74) is 6.01. The molecule has 1 atom stereocenters. The van der Waals surface area contributed by atoms with Gasteiger partial charge in [0.2, 0.25) is 0 Å². The van der Waals surface area contributed by atoms with Crippen LogP contribution in [0.2, 0.25) is 0 Å². The van der Waals surface area contributed by atoms with E-state index in [4.69, 9.17) is 5.73 Å². The van der Waals surface area contributed by atoms with Gasteiger partial charge in [-0.15, -0.1) is 0 Å². The van der Waals surface area contributed by atoms with Gasteiger partial charge in [0.1, 0.15) is 0 Å². The fraction of sp³-hybridized carbons (Fsp3) is 0.917. The number of nitrogens with zero attached hydrogens (tertiary/aromatic N) is 2. The van der Waals surface area contributed by atoms with E-state index in [9.17, 15) is 0 Å². The van der Waals surface area contributed by atoms with Gasteiger partial charge >= 0.3 is 0 Å². The number of aliphatic imine (C=N–C) groups is 1. The van der Waals surface area contributed by atoms with E-state index in [0.717, 1.165) is 12.5 Å². The fourth-order valence-corrected chi connectivity index (χ4v) is 2.13. The van der Waals surface area contributed by atoms with Crippen LogP contribution in [0.1, 0.15) is 53.4 Å². The van der Waals surface area contributed by atoms with Crippen molar-refractivity contribution < 1.29 is 0 Å². The Bertz CT molecular complexity index is 228. The Hall–Kier alpha value is -0.730. The molecule has 2 N–H and O–H groups in total. The maximum Gasteiger partial charge on any atom is 0.192 e. The molecule has 1 aliphatic rings.